The minimum absolute atomic E-state index is 0.454. The Morgan fingerprint density at radius 3 is 2.64 bits per heavy atom. The van der Waals surface area contributed by atoms with Gasteiger partial charge in [-0.2, -0.15) is 4.73 Å². The van der Waals surface area contributed by atoms with Crippen molar-refractivity contribution in [3.05, 3.63) is 34.2 Å². The molecule has 0 unspecified atom stereocenters. The molecule has 0 bridgehead atoms. The summed E-state index contributed by atoms with van der Waals surface area (Å²) in [4.78, 5) is 11.0. The van der Waals surface area contributed by atoms with Crippen LogP contribution < -0.4 is 5.56 Å². The summed E-state index contributed by atoms with van der Waals surface area (Å²) in [5.74, 6) is 0. The number of rotatable bonds is 3. The average Bonchev–Trinajstić information content (AvgIpc) is 2.06. The first-order chi connectivity index (χ1) is 6.40. The lowest BCUT2D eigenvalue weighted by Gasteiger charge is -2.08. The van der Waals surface area contributed by atoms with E-state index in [-0.39, 0.29) is 0 Å². The fourth-order valence-electron chi connectivity index (χ4n) is 1.10. The molecular formula is C9H14NO3P. The van der Waals surface area contributed by atoms with Crippen molar-refractivity contribution in [1.82, 2.24) is 4.73 Å². The molecule has 1 aromatic rings. The van der Waals surface area contributed by atoms with Crippen molar-refractivity contribution >= 4 is 7.14 Å². The molecule has 0 fully saturated rings. The molecule has 0 amide bonds. The second kappa shape index (κ2) is 4.01. The van der Waals surface area contributed by atoms with Crippen molar-refractivity contribution in [2.24, 2.45) is 0 Å². The van der Waals surface area contributed by atoms with E-state index in [0.717, 1.165) is 0 Å². The molecule has 0 aliphatic rings. The highest BCUT2D eigenvalue weighted by Crippen LogP contribution is 2.35. The lowest BCUT2D eigenvalue weighted by atomic mass is 10.3. The van der Waals surface area contributed by atoms with E-state index in [9.17, 15) is 14.6 Å². The average molecular weight is 215 g/mol. The van der Waals surface area contributed by atoms with Crippen LogP contribution in [0.2, 0.25) is 0 Å². The first-order valence-corrected chi connectivity index (χ1v) is 7.13. The van der Waals surface area contributed by atoms with Gasteiger partial charge in [-0.1, -0.05) is 6.07 Å². The third kappa shape index (κ3) is 3.04. The van der Waals surface area contributed by atoms with Gasteiger partial charge in [-0.3, -0.25) is 4.79 Å². The number of nitrogens with zero attached hydrogens (tertiary/aromatic N) is 1. The summed E-state index contributed by atoms with van der Waals surface area (Å²) < 4.78 is 12.0. The molecule has 1 N–H and O–H groups in total. The van der Waals surface area contributed by atoms with E-state index in [4.69, 9.17) is 0 Å². The maximum Gasteiger partial charge on any atom is 0.283 e. The predicted molar refractivity (Wildman–Crippen MR) is 55.9 cm³/mol. The van der Waals surface area contributed by atoms with Crippen LogP contribution in [-0.2, 0) is 11.0 Å². The van der Waals surface area contributed by atoms with Crippen molar-refractivity contribution in [2.75, 3.05) is 19.5 Å². The van der Waals surface area contributed by atoms with Crippen molar-refractivity contribution in [2.45, 2.75) is 6.42 Å². The standard InChI is InChI=1S/C9H14NO3P/c1-14(2,13)7-6-8-4-3-5-9(11)10(8)12/h3-5,12H,6-7H2,1-2H3. The van der Waals surface area contributed by atoms with Gasteiger partial charge in [0, 0.05) is 12.2 Å². The number of hydrogen-bond donors (Lipinski definition) is 1. The molecule has 0 atom stereocenters. The highest BCUT2D eigenvalue weighted by molar-refractivity contribution is 7.62. The van der Waals surface area contributed by atoms with E-state index in [1.54, 1.807) is 25.5 Å². The van der Waals surface area contributed by atoms with Crippen LogP contribution >= 0.6 is 7.14 Å². The lowest BCUT2D eigenvalue weighted by Crippen LogP contribution is -2.20. The smallest absolute Gasteiger partial charge is 0.283 e. The van der Waals surface area contributed by atoms with Gasteiger partial charge in [0.2, 0.25) is 0 Å². The van der Waals surface area contributed by atoms with Gasteiger partial charge in [-0.15, -0.1) is 0 Å². The van der Waals surface area contributed by atoms with Crippen molar-refractivity contribution in [1.29, 1.82) is 0 Å². The maximum atomic E-state index is 11.4. The summed E-state index contributed by atoms with van der Waals surface area (Å²) >= 11 is 0. The topological polar surface area (TPSA) is 59.3 Å². The molecule has 78 valence electrons. The first-order valence-electron chi connectivity index (χ1n) is 4.34. The van der Waals surface area contributed by atoms with Crippen LogP contribution in [0.5, 0.6) is 0 Å². The van der Waals surface area contributed by atoms with Crippen LogP contribution in [0.1, 0.15) is 5.69 Å². The van der Waals surface area contributed by atoms with Gasteiger partial charge in [0.15, 0.2) is 0 Å². The van der Waals surface area contributed by atoms with Crippen LogP contribution in [0.15, 0.2) is 23.0 Å². The molecule has 0 saturated carbocycles. The van der Waals surface area contributed by atoms with E-state index in [0.29, 0.717) is 23.0 Å². The Bertz CT molecular complexity index is 418. The van der Waals surface area contributed by atoms with Crippen LogP contribution in [0.4, 0.5) is 0 Å². The lowest BCUT2D eigenvalue weighted by molar-refractivity contribution is 0.166. The normalized spacial score (nSPS) is 11.6. The molecule has 0 aliphatic heterocycles. The van der Waals surface area contributed by atoms with Crippen molar-refractivity contribution < 1.29 is 9.77 Å². The fraction of sp³-hybridized carbons (Fsp3) is 0.444. The van der Waals surface area contributed by atoms with E-state index in [1.807, 2.05) is 0 Å². The van der Waals surface area contributed by atoms with E-state index in [2.05, 4.69) is 0 Å². The predicted octanol–water partition coefficient (Wildman–Crippen LogP) is 1.25. The summed E-state index contributed by atoms with van der Waals surface area (Å²) in [6.45, 7) is 3.38. The minimum Gasteiger partial charge on any atom is -0.425 e. The Labute approximate surface area is 82.5 Å². The second-order valence-corrected chi connectivity index (χ2v) is 7.31. The van der Waals surface area contributed by atoms with Gasteiger partial charge in [0.25, 0.3) is 5.56 Å². The Morgan fingerprint density at radius 1 is 1.43 bits per heavy atom. The molecule has 4 nitrogen and oxygen atoms in total. The van der Waals surface area contributed by atoms with Gasteiger partial charge < -0.3 is 9.77 Å². The molecule has 0 aliphatic carbocycles. The summed E-state index contributed by atoms with van der Waals surface area (Å²) in [5, 5.41) is 9.31. The van der Waals surface area contributed by atoms with Crippen LogP contribution in [-0.4, -0.2) is 29.4 Å². The molecule has 0 aromatic carbocycles. The summed E-state index contributed by atoms with van der Waals surface area (Å²) in [6.07, 6.45) is 0.952. The zero-order valence-electron chi connectivity index (χ0n) is 8.30. The number of pyridine rings is 1. The second-order valence-electron chi connectivity index (χ2n) is 3.71. The van der Waals surface area contributed by atoms with Gasteiger partial charge in [0.05, 0.1) is 12.8 Å². The Kier molecular flexibility index (Phi) is 3.17. The zero-order chi connectivity index (χ0) is 10.8. The summed E-state index contributed by atoms with van der Waals surface area (Å²) in [5.41, 5.74) is 0.0472. The number of aromatic nitrogens is 1. The van der Waals surface area contributed by atoms with Gasteiger partial charge >= 0.3 is 0 Å². The molecule has 5 heteroatoms. The van der Waals surface area contributed by atoms with Crippen LogP contribution in [0.25, 0.3) is 0 Å². The molecule has 0 spiro atoms. The van der Waals surface area contributed by atoms with Crippen LogP contribution in [0.3, 0.4) is 0 Å². The molecule has 1 rings (SSSR count). The number of hydrogen-bond acceptors (Lipinski definition) is 3. The largest absolute Gasteiger partial charge is 0.425 e. The third-order valence-electron chi connectivity index (χ3n) is 1.91. The highest BCUT2D eigenvalue weighted by atomic mass is 31.2. The van der Waals surface area contributed by atoms with Crippen LogP contribution in [0, 0.1) is 0 Å². The monoisotopic (exact) mass is 215 g/mol. The molecule has 1 heterocycles. The minimum atomic E-state index is -2.09. The molecule has 0 saturated heterocycles. The van der Waals surface area contributed by atoms with Gasteiger partial charge in [-0.25, -0.2) is 0 Å². The molecular weight excluding hydrogens is 201 g/mol. The third-order valence-corrected chi connectivity index (χ3v) is 3.22. The van der Waals surface area contributed by atoms with Crippen molar-refractivity contribution in [3.63, 3.8) is 0 Å². The SMILES string of the molecule is CP(C)(=O)CCc1cccc(=O)n1O. The van der Waals surface area contributed by atoms with E-state index in [1.165, 1.54) is 6.07 Å². The van der Waals surface area contributed by atoms with Gasteiger partial charge in [0.1, 0.15) is 0 Å². The van der Waals surface area contributed by atoms with Crippen molar-refractivity contribution in [3.8, 4) is 0 Å². The molecule has 0 radical (unpaired) electrons. The maximum absolute atomic E-state index is 11.4. The molecule has 14 heavy (non-hydrogen) atoms. The number of aryl methyl sites for hydroxylation is 1. The summed E-state index contributed by atoms with van der Waals surface area (Å²) in [6, 6.07) is 4.51. The van der Waals surface area contributed by atoms with Gasteiger partial charge in [-0.05, 0) is 25.8 Å². The zero-order valence-corrected chi connectivity index (χ0v) is 9.20. The first kappa shape index (κ1) is 11.1. The van der Waals surface area contributed by atoms with E-state index >= 15 is 0 Å². The fourth-order valence-corrected chi connectivity index (χ4v) is 1.86. The molecule has 1 aromatic heterocycles. The van der Waals surface area contributed by atoms with E-state index < -0.39 is 12.7 Å². The summed E-state index contributed by atoms with van der Waals surface area (Å²) in [7, 11) is -2.09. The Hall–Kier alpha value is -1.02. The highest BCUT2D eigenvalue weighted by Gasteiger charge is 2.09. The Morgan fingerprint density at radius 2 is 2.07 bits per heavy atom. The quantitative estimate of drug-likeness (QED) is 0.609. The Balaban J connectivity index is 2.83.